The molecule has 1 aliphatic heterocycles. The summed E-state index contributed by atoms with van der Waals surface area (Å²) in [6.45, 7) is 3.22. The Morgan fingerprint density at radius 3 is 2.41 bits per heavy atom. The van der Waals surface area contributed by atoms with Gasteiger partial charge in [0, 0.05) is 32.3 Å². The zero-order chi connectivity index (χ0) is 20.4. The number of fused-ring (bicyclic) bond motifs is 1. The van der Waals surface area contributed by atoms with Gasteiger partial charge in [0.25, 0.3) is 0 Å². The molecular weight excluding hydrogens is 388 g/mol. The minimum absolute atomic E-state index is 0.134. The Bertz CT molecular complexity index is 1030. The number of amides is 1. The Morgan fingerprint density at radius 1 is 1.00 bits per heavy atom. The molecule has 2 aliphatic rings. The van der Waals surface area contributed by atoms with E-state index in [9.17, 15) is 13.2 Å². The van der Waals surface area contributed by atoms with Crippen LogP contribution in [0.3, 0.4) is 0 Å². The Labute approximate surface area is 171 Å². The number of nitrogens with zero attached hydrogens (tertiary/aromatic N) is 2. The van der Waals surface area contributed by atoms with Gasteiger partial charge in [-0.05, 0) is 74.1 Å². The lowest BCUT2D eigenvalue weighted by Gasteiger charge is -2.33. The lowest BCUT2D eigenvalue weighted by Crippen LogP contribution is -2.50. The standard InChI is InChI=1S/C22H26N2O4S/c1-17-6-8-20(28-17)9-11-22(25)23-12-14-24(15-13-23)29(26,27)21-10-7-18-4-2-3-5-19(18)16-21/h6-11,16H,2-5,12-15H2,1H3. The molecule has 0 unspecified atom stereocenters. The van der Waals surface area contributed by atoms with Crippen LogP contribution in [-0.4, -0.2) is 49.7 Å². The van der Waals surface area contributed by atoms with Crippen LogP contribution in [0.1, 0.15) is 35.5 Å². The van der Waals surface area contributed by atoms with Crippen LogP contribution < -0.4 is 0 Å². The molecule has 1 aromatic heterocycles. The molecule has 0 atom stereocenters. The lowest BCUT2D eigenvalue weighted by atomic mass is 9.92. The minimum Gasteiger partial charge on any atom is -0.462 e. The molecule has 0 radical (unpaired) electrons. The van der Waals surface area contributed by atoms with Gasteiger partial charge in [-0.25, -0.2) is 8.42 Å². The molecule has 0 spiro atoms. The molecule has 0 N–H and O–H groups in total. The first-order valence-electron chi connectivity index (χ1n) is 10.1. The highest BCUT2D eigenvalue weighted by molar-refractivity contribution is 7.89. The predicted octanol–water partition coefficient (Wildman–Crippen LogP) is 3.01. The Balaban J connectivity index is 1.39. The maximum Gasteiger partial charge on any atom is 0.246 e. The molecule has 6 nitrogen and oxygen atoms in total. The molecule has 1 aliphatic carbocycles. The van der Waals surface area contributed by atoms with E-state index in [-0.39, 0.29) is 5.91 Å². The number of hydrogen-bond acceptors (Lipinski definition) is 4. The van der Waals surface area contributed by atoms with E-state index < -0.39 is 10.0 Å². The third-order valence-corrected chi connectivity index (χ3v) is 7.55. The third-order valence-electron chi connectivity index (χ3n) is 5.66. The van der Waals surface area contributed by atoms with Crippen molar-refractivity contribution in [1.82, 2.24) is 9.21 Å². The first-order valence-corrected chi connectivity index (χ1v) is 11.5. The average molecular weight is 415 g/mol. The van der Waals surface area contributed by atoms with E-state index in [1.807, 2.05) is 31.2 Å². The van der Waals surface area contributed by atoms with Crippen molar-refractivity contribution in [1.29, 1.82) is 0 Å². The molecule has 4 rings (SSSR count). The second kappa shape index (κ2) is 8.16. The Kier molecular flexibility index (Phi) is 5.61. The summed E-state index contributed by atoms with van der Waals surface area (Å²) in [5.74, 6) is 1.28. The predicted molar refractivity (Wildman–Crippen MR) is 111 cm³/mol. The number of benzene rings is 1. The fourth-order valence-corrected chi connectivity index (χ4v) is 5.44. The van der Waals surface area contributed by atoms with Crippen LogP contribution >= 0.6 is 0 Å². The second-order valence-corrected chi connectivity index (χ2v) is 9.59. The zero-order valence-electron chi connectivity index (χ0n) is 16.6. The molecule has 154 valence electrons. The summed E-state index contributed by atoms with van der Waals surface area (Å²) in [7, 11) is -3.53. The van der Waals surface area contributed by atoms with E-state index in [0.29, 0.717) is 36.8 Å². The quantitative estimate of drug-likeness (QED) is 0.721. The molecule has 1 fully saturated rings. The maximum atomic E-state index is 13.1. The lowest BCUT2D eigenvalue weighted by molar-refractivity contribution is -0.127. The van der Waals surface area contributed by atoms with Crippen molar-refractivity contribution >= 4 is 22.0 Å². The highest BCUT2D eigenvalue weighted by Crippen LogP contribution is 2.26. The molecule has 1 aromatic carbocycles. The van der Waals surface area contributed by atoms with Gasteiger partial charge in [-0.15, -0.1) is 0 Å². The fourth-order valence-electron chi connectivity index (χ4n) is 3.97. The van der Waals surface area contributed by atoms with E-state index >= 15 is 0 Å². The van der Waals surface area contributed by atoms with Crippen LogP contribution in [0.15, 0.2) is 45.7 Å². The SMILES string of the molecule is Cc1ccc(C=CC(=O)N2CCN(S(=O)(=O)c3ccc4c(c3)CCCC4)CC2)o1. The van der Waals surface area contributed by atoms with Gasteiger partial charge in [-0.3, -0.25) is 4.79 Å². The highest BCUT2D eigenvalue weighted by atomic mass is 32.2. The molecule has 7 heteroatoms. The number of furan rings is 1. The molecule has 1 amide bonds. The summed E-state index contributed by atoms with van der Waals surface area (Å²) >= 11 is 0. The fraction of sp³-hybridized carbons (Fsp3) is 0.409. The Hall–Kier alpha value is -2.38. The van der Waals surface area contributed by atoms with Crippen LogP contribution in [0.4, 0.5) is 0 Å². The minimum atomic E-state index is -3.53. The molecular formula is C22H26N2O4S. The van der Waals surface area contributed by atoms with E-state index in [1.165, 1.54) is 22.4 Å². The van der Waals surface area contributed by atoms with Gasteiger partial charge in [0.15, 0.2) is 0 Å². The molecule has 2 heterocycles. The molecule has 29 heavy (non-hydrogen) atoms. The number of hydrogen-bond donors (Lipinski definition) is 0. The van der Waals surface area contributed by atoms with Crippen molar-refractivity contribution in [3.05, 3.63) is 59.1 Å². The van der Waals surface area contributed by atoms with Gasteiger partial charge in [-0.1, -0.05) is 6.07 Å². The first-order chi connectivity index (χ1) is 13.9. The number of aryl methyl sites for hydroxylation is 3. The molecule has 0 bridgehead atoms. The third kappa shape index (κ3) is 4.31. The molecule has 2 aromatic rings. The number of sulfonamides is 1. The van der Waals surface area contributed by atoms with E-state index in [1.54, 1.807) is 17.0 Å². The average Bonchev–Trinajstić information content (AvgIpc) is 3.17. The number of rotatable bonds is 4. The molecule has 1 saturated heterocycles. The van der Waals surface area contributed by atoms with Crippen molar-refractivity contribution in [3.63, 3.8) is 0 Å². The molecule has 0 saturated carbocycles. The maximum absolute atomic E-state index is 13.1. The first kappa shape index (κ1) is 19.9. The summed E-state index contributed by atoms with van der Waals surface area (Å²) in [6.07, 6.45) is 7.38. The zero-order valence-corrected chi connectivity index (χ0v) is 17.5. The number of piperazine rings is 1. The summed E-state index contributed by atoms with van der Waals surface area (Å²) < 4.78 is 33.0. The van der Waals surface area contributed by atoms with Crippen molar-refractivity contribution in [2.75, 3.05) is 26.2 Å². The van der Waals surface area contributed by atoms with Crippen LogP contribution in [0.2, 0.25) is 0 Å². The second-order valence-electron chi connectivity index (χ2n) is 7.65. The van der Waals surface area contributed by atoms with Gasteiger partial charge in [-0.2, -0.15) is 4.31 Å². The van der Waals surface area contributed by atoms with Gasteiger partial charge >= 0.3 is 0 Å². The van der Waals surface area contributed by atoms with Crippen LogP contribution in [0, 0.1) is 6.92 Å². The van der Waals surface area contributed by atoms with Crippen LogP contribution in [0.5, 0.6) is 0 Å². The van der Waals surface area contributed by atoms with Gasteiger partial charge in [0.05, 0.1) is 4.90 Å². The normalized spacial score (nSPS) is 18.2. The summed E-state index contributed by atoms with van der Waals surface area (Å²) in [5.41, 5.74) is 2.42. The van der Waals surface area contributed by atoms with Crippen molar-refractivity contribution in [2.24, 2.45) is 0 Å². The van der Waals surface area contributed by atoms with E-state index in [0.717, 1.165) is 30.6 Å². The van der Waals surface area contributed by atoms with Gasteiger partial charge < -0.3 is 9.32 Å². The van der Waals surface area contributed by atoms with E-state index in [4.69, 9.17) is 4.42 Å². The topological polar surface area (TPSA) is 70.8 Å². The monoisotopic (exact) mass is 414 g/mol. The number of carbonyl (C=O) groups is 1. The van der Waals surface area contributed by atoms with Crippen molar-refractivity contribution in [2.45, 2.75) is 37.5 Å². The van der Waals surface area contributed by atoms with Crippen LogP contribution in [-0.2, 0) is 27.7 Å². The Morgan fingerprint density at radius 2 is 1.72 bits per heavy atom. The summed E-state index contributed by atoms with van der Waals surface area (Å²) in [6, 6.07) is 9.18. The summed E-state index contributed by atoms with van der Waals surface area (Å²) in [5, 5.41) is 0. The summed E-state index contributed by atoms with van der Waals surface area (Å²) in [4.78, 5) is 14.4. The van der Waals surface area contributed by atoms with Crippen molar-refractivity contribution in [3.8, 4) is 0 Å². The smallest absolute Gasteiger partial charge is 0.246 e. The largest absolute Gasteiger partial charge is 0.462 e. The van der Waals surface area contributed by atoms with Gasteiger partial charge in [0.1, 0.15) is 11.5 Å². The van der Waals surface area contributed by atoms with Crippen LogP contribution in [0.25, 0.3) is 6.08 Å². The van der Waals surface area contributed by atoms with E-state index in [2.05, 4.69) is 0 Å². The van der Waals surface area contributed by atoms with Gasteiger partial charge in [0.2, 0.25) is 15.9 Å². The highest BCUT2D eigenvalue weighted by Gasteiger charge is 2.30. The van der Waals surface area contributed by atoms with Crippen molar-refractivity contribution < 1.29 is 17.6 Å². The number of carbonyl (C=O) groups excluding carboxylic acids is 1.